The number of rotatable bonds is 7. The van der Waals surface area contributed by atoms with Crippen LogP contribution in [0.4, 0.5) is 4.39 Å². The number of hydrogen-bond donors (Lipinski definition) is 5. The van der Waals surface area contributed by atoms with Gasteiger partial charge in [-0.1, -0.05) is 30.7 Å². The Morgan fingerprint density at radius 2 is 1.81 bits per heavy atom. The molecule has 0 aromatic heterocycles. The highest BCUT2D eigenvalue weighted by molar-refractivity contribution is 6.31. The van der Waals surface area contributed by atoms with Crippen LogP contribution in [0.3, 0.4) is 0 Å². The Morgan fingerprint density at radius 3 is 2.41 bits per heavy atom. The SMILES string of the molecule is CCc1ccc(Cc2c(Cl)cc(CO)cc2O[C@@H]2O[C@H]([C@@H](C)O)[C@@H](O)[C@H](O)[C@H]2O)cc1F. The third-order valence-corrected chi connectivity index (χ3v) is 5.94. The second-order valence-corrected chi connectivity index (χ2v) is 8.38. The van der Waals surface area contributed by atoms with Gasteiger partial charge in [0.05, 0.1) is 12.7 Å². The molecule has 0 bridgehead atoms. The topological polar surface area (TPSA) is 120 Å². The average Bonchev–Trinajstić information content (AvgIpc) is 2.75. The predicted octanol–water partition coefficient (Wildman–Crippen LogP) is 1.69. The molecule has 1 fully saturated rings. The Hall–Kier alpha value is -1.78. The van der Waals surface area contributed by atoms with Gasteiger partial charge in [0.2, 0.25) is 6.29 Å². The van der Waals surface area contributed by atoms with Gasteiger partial charge in [-0.2, -0.15) is 0 Å². The van der Waals surface area contributed by atoms with E-state index in [1.165, 1.54) is 19.1 Å². The van der Waals surface area contributed by atoms with E-state index in [2.05, 4.69) is 0 Å². The Labute approximate surface area is 190 Å². The number of aliphatic hydroxyl groups excluding tert-OH is 5. The summed E-state index contributed by atoms with van der Waals surface area (Å²) in [6.45, 7) is 2.90. The monoisotopic (exact) mass is 470 g/mol. The van der Waals surface area contributed by atoms with Crippen molar-refractivity contribution in [3.05, 3.63) is 63.4 Å². The maximum absolute atomic E-state index is 14.3. The van der Waals surface area contributed by atoms with Crippen molar-refractivity contribution in [2.24, 2.45) is 0 Å². The average molecular weight is 471 g/mol. The van der Waals surface area contributed by atoms with Crippen molar-refractivity contribution in [2.45, 2.75) is 70.1 Å². The molecule has 0 radical (unpaired) electrons. The first-order chi connectivity index (χ1) is 15.2. The molecule has 1 aliphatic rings. The molecule has 9 heteroatoms. The van der Waals surface area contributed by atoms with Crippen LogP contribution < -0.4 is 4.74 Å². The Bertz CT molecular complexity index is 939. The van der Waals surface area contributed by atoms with Crippen LogP contribution in [0.2, 0.25) is 5.02 Å². The highest BCUT2D eigenvalue weighted by Gasteiger charge is 2.46. The van der Waals surface area contributed by atoms with E-state index in [0.717, 1.165) is 0 Å². The molecule has 1 heterocycles. The van der Waals surface area contributed by atoms with Gasteiger partial charge in [-0.3, -0.25) is 0 Å². The van der Waals surface area contributed by atoms with Crippen LogP contribution in [0.1, 0.15) is 36.1 Å². The fourth-order valence-corrected chi connectivity index (χ4v) is 4.02. The maximum Gasteiger partial charge on any atom is 0.229 e. The van der Waals surface area contributed by atoms with E-state index < -0.39 is 36.8 Å². The van der Waals surface area contributed by atoms with E-state index in [4.69, 9.17) is 21.1 Å². The van der Waals surface area contributed by atoms with Crippen LogP contribution in [-0.4, -0.2) is 62.3 Å². The normalized spacial score (nSPS) is 26.7. The molecule has 1 saturated heterocycles. The minimum absolute atomic E-state index is 0.151. The van der Waals surface area contributed by atoms with E-state index in [-0.39, 0.29) is 29.6 Å². The van der Waals surface area contributed by atoms with Gasteiger partial charge in [-0.25, -0.2) is 4.39 Å². The largest absolute Gasteiger partial charge is 0.462 e. The minimum atomic E-state index is -1.62. The van der Waals surface area contributed by atoms with Gasteiger partial charge < -0.3 is 35.0 Å². The smallest absolute Gasteiger partial charge is 0.229 e. The molecule has 0 saturated carbocycles. The van der Waals surface area contributed by atoms with Crippen LogP contribution in [0.5, 0.6) is 5.75 Å². The minimum Gasteiger partial charge on any atom is -0.462 e. The van der Waals surface area contributed by atoms with Crippen molar-refractivity contribution in [3.63, 3.8) is 0 Å². The van der Waals surface area contributed by atoms with Crippen LogP contribution in [0.25, 0.3) is 0 Å². The summed E-state index contributed by atoms with van der Waals surface area (Å²) in [6, 6.07) is 7.94. The van der Waals surface area contributed by atoms with E-state index in [9.17, 15) is 29.9 Å². The van der Waals surface area contributed by atoms with Gasteiger partial charge in [0.25, 0.3) is 0 Å². The van der Waals surface area contributed by atoms with Crippen molar-refractivity contribution in [3.8, 4) is 5.75 Å². The van der Waals surface area contributed by atoms with Gasteiger partial charge in [0.15, 0.2) is 0 Å². The summed E-state index contributed by atoms with van der Waals surface area (Å²) in [7, 11) is 0. The zero-order valence-electron chi connectivity index (χ0n) is 17.8. The maximum atomic E-state index is 14.3. The lowest BCUT2D eigenvalue weighted by Crippen LogP contribution is -2.61. The zero-order valence-corrected chi connectivity index (χ0v) is 18.5. The van der Waals surface area contributed by atoms with Crippen LogP contribution >= 0.6 is 11.6 Å². The Balaban J connectivity index is 1.94. The quantitative estimate of drug-likeness (QED) is 0.417. The third-order valence-electron chi connectivity index (χ3n) is 5.60. The Kier molecular flexibility index (Phi) is 8.11. The first-order valence-electron chi connectivity index (χ1n) is 10.4. The summed E-state index contributed by atoms with van der Waals surface area (Å²) in [6.07, 6.45) is -7.79. The molecule has 7 nitrogen and oxygen atoms in total. The molecule has 0 aliphatic carbocycles. The summed E-state index contributed by atoms with van der Waals surface area (Å²) in [5, 5.41) is 50.3. The molecule has 6 atom stereocenters. The van der Waals surface area contributed by atoms with Crippen LogP contribution in [0, 0.1) is 5.82 Å². The molecule has 0 spiro atoms. The van der Waals surface area contributed by atoms with E-state index in [0.29, 0.717) is 28.7 Å². The van der Waals surface area contributed by atoms with Crippen molar-refractivity contribution in [1.82, 2.24) is 0 Å². The van der Waals surface area contributed by atoms with Crippen molar-refractivity contribution < 1.29 is 39.4 Å². The fraction of sp³-hybridized carbons (Fsp3) is 0.478. The second-order valence-electron chi connectivity index (χ2n) is 7.97. The molecule has 3 rings (SSSR count). The van der Waals surface area contributed by atoms with Gasteiger partial charge >= 0.3 is 0 Å². The summed E-state index contributed by atoms with van der Waals surface area (Å²) in [5.41, 5.74) is 2.10. The van der Waals surface area contributed by atoms with E-state index >= 15 is 0 Å². The number of halogens is 2. The number of aliphatic hydroxyl groups is 5. The molecule has 2 aromatic rings. The Morgan fingerprint density at radius 1 is 1.09 bits per heavy atom. The van der Waals surface area contributed by atoms with Gasteiger partial charge in [-0.15, -0.1) is 0 Å². The van der Waals surface area contributed by atoms with Gasteiger partial charge in [0, 0.05) is 17.0 Å². The zero-order chi connectivity index (χ0) is 23.6. The number of hydrogen-bond acceptors (Lipinski definition) is 7. The summed E-state index contributed by atoms with van der Waals surface area (Å²) >= 11 is 6.43. The second kappa shape index (κ2) is 10.4. The van der Waals surface area contributed by atoms with Crippen molar-refractivity contribution >= 4 is 11.6 Å². The highest BCUT2D eigenvalue weighted by atomic mass is 35.5. The third kappa shape index (κ3) is 5.23. The highest BCUT2D eigenvalue weighted by Crippen LogP contribution is 2.34. The number of aryl methyl sites for hydroxylation is 1. The first kappa shape index (κ1) is 24.9. The molecular weight excluding hydrogens is 443 g/mol. The summed E-state index contributed by atoms with van der Waals surface area (Å²) in [5.74, 6) is -0.183. The molecular formula is C23H28ClFO7. The molecule has 32 heavy (non-hydrogen) atoms. The lowest BCUT2D eigenvalue weighted by atomic mass is 9.96. The summed E-state index contributed by atoms with van der Waals surface area (Å²) in [4.78, 5) is 0. The lowest BCUT2D eigenvalue weighted by Gasteiger charge is -2.41. The number of benzene rings is 2. The standard InChI is InChI=1S/C23H28ClFO7/c1-3-14-5-4-12(8-17(14)25)6-15-16(24)7-13(10-26)9-18(15)31-23-21(30)19(28)20(29)22(32-23)11(2)27/h4-5,7-9,11,19-23,26-30H,3,6,10H2,1-2H3/t11-,19+,20+,21-,22-,23-/m1/s1. The molecule has 0 amide bonds. The molecule has 0 unspecified atom stereocenters. The number of ether oxygens (including phenoxy) is 2. The van der Waals surface area contributed by atoms with Gasteiger partial charge in [-0.05, 0) is 48.2 Å². The fourth-order valence-electron chi connectivity index (χ4n) is 3.72. The lowest BCUT2D eigenvalue weighted by molar-refractivity contribution is -0.286. The van der Waals surface area contributed by atoms with Crippen LogP contribution in [0.15, 0.2) is 30.3 Å². The van der Waals surface area contributed by atoms with Gasteiger partial charge in [0.1, 0.15) is 36.0 Å². The van der Waals surface area contributed by atoms with Crippen molar-refractivity contribution in [1.29, 1.82) is 0 Å². The molecule has 5 N–H and O–H groups in total. The van der Waals surface area contributed by atoms with E-state index in [1.54, 1.807) is 18.2 Å². The predicted molar refractivity (Wildman–Crippen MR) is 115 cm³/mol. The molecule has 2 aromatic carbocycles. The van der Waals surface area contributed by atoms with E-state index in [1.807, 2.05) is 6.92 Å². The molecule has 176 valence electrons. The summed E-state index contributed by atoms with van der Waals surface area (Å²) < 4.78 is 25.6. The van der Waals surface area contributed by atoms with Crippen molar-refractivity contribution in [2.75, 3.05) is 0 Å². The van der Waals surface area contributed by atoms with Crippen LogP contribution in [-0.2, 0) is 24.2 Å². The first-order valence-corrected chi connectivity index (χ1v) is 10.8. The molecule has 1 aliphatic heterocycles.